The van der Waals surface area contributed by atoms with Gasteiger partial charge in [0.25, 0.3) is 11.5 Å². The molecule has 2 heterocycles. The molecule has 4 N–H and O–H groups in total. The van der Waals surface area contributed by atoms with E-state index in [-0.39, 0.29) is 12.0 Å². The minimum Gasteiger partial charge on any atom is -0.370 e. The van der Waals surface area contributed by atoms with E-state index in [0.717, 1.165) is 0 Å². The quantitative estimate of drug-likeness (QED) is 0.743. The first kappa shape index (κ1) is 13.9. The number of nitrogens with zero attached hydrogens (tertiary/aromatic N) is 1. The number of aromatic nitrogens is 2. The molecule has 2 rings (SSSR count). The minimum atomic E-state index is -0.525. The van der Waals surface area contributed by atoms with Crippen LogP contribution in [0.1, 0.15) is 22.5 Å². The number of hydrogen-bond acceptors (Lipinski definition) is 5. The van der Waals surface area contributed by atoms with E-state index in [1.165, 1.54) is 23.6 Å². The van der Waals surface area contributed by atoms with E-state index in [9.17, 15) is 14.4 Å². The largest absolute Gasteiger partial charge is 0.370 e. The molecule has 104 valence electrons. The molecule has 0 fully saturated rings. The van der Waals surface area contributed by atoms with Crippen molar-refractivity contribution in [3.63, 3.8) is 0 Å². The van der Waals surface area contributed by atoms with Crippen LogP contribution in [0.15, 0.2) is 28.5 Å². The van der Waals surface area contributed by atoms with Crippen LogP contribution in [0.4, 0.5) is 5.13 Å². The van der Waals surface area contributed by atoms with Crippen LogP contribution in [0.2, 0.25) is 0 Å². The molecule has 20 heavy (non-hydrogen) atoms. The van der Waals surface area contributed by atoms with Gasteiger partial charge in [0, 0.05) is 18.0 Å². The van der Waals surface area contributed by atoms with Crippen molar-refractivity contribution >= 4 is 28.3 Å². The zero-order valence-electron chi connectivity index (χ0n) is 10.4. The predicted octanol–water partition coefficient (Wildman–Crippen LogP) is 0.502. The highest BCUT2D eigenvalue weighted by molar-refractivity contribution is 7.13. The maximum Gasteiger partial charge on any atom is 0.263 e. The van der Waals surface area contributed by atoms with Gasteiger partial charge in [-0.3, -0.25) is 19.7 Å². The Morgan fingerprint density at radius 3 is 2.95 bits per heavy atom. The molecule has 0 radical (unpaired) electrons. The maximum atomic E-state index is 11.9. The number of hydrogen-bond donors (Lipinski definition) is 3. The Bertz CT molecular complexity index is 692. The number of pyridine rings is 1. The Morgan fingerprint density at radius 2 is 2.25 bits per heavy atom. The van der Waals surface area contributed by atoms with E-state index < -0.39 is 17.4 Å². The number of nitrogens with one attached hydrogen (secondary N) is 2. The molecule has 8 heteroatoms. The number of carbonyl (C=O) groups excluding carboxylic acids is 2. The van der Waals surface area contributed by atoms with Gasteiger partial charge in [-0.1, -0.05) is 0 Å². The normalized spacial score (nSPS) is 10.2. The monoisotopic (exact) mass is 292 g/mol. The van der Waals surface area contributed by atoms with Crippen LogP contribution in [-0.4, -0.2) is 21.8 Å². The van der Waals surface area contributed by atoms with E-state index >= 15 is 0 Å². The molecule has 2 aromatic rings. The number of amides is 2. The molecule has 0 aliphatic rings. The Morgan fingerprint density at radius 1 is 1.45 bits per heavy atom. The average molecular weight is 292 g/mol. The van der Waals surface area contributed by atoms with Crippen molar-refractivity contribution in [2.24, 2.45) is 5.73 Å². The molecule has 0 spiro atoms. The van der Waals surface area contributed by atoms with Crippen molar-refractivity contribution in [3.8, 4) is 0 Å². The van der Waals surface area contributed by atoms with E-state index in [1.54, 1.807) is 11.4 Å². The van der Waals surface area contributed by atoms with Gasteiger partial charge < -0.3 is 10.7 Å². The molecule has 0 aliphatic carbocycles. The fourth-order valence-corrected chi connectivity index (χ4v) is 2.24. The lowest BCUT2D eigenvalue weighted by atomic mass is 10.2. The summed E-state index contributed by atoms with van der Waals surface area (Å²) < 4.78 is 0. The number of nitrogens with two attached hydrogens (primary N) is 1. The number of carbonyl (C=O) groups is 2. The van der Waals surface area contributed by atoms with Crippen molar-refractivity contribution in [1.82, 2.24) is 9.97 Å². The summed E-state index contributed by atoms with van der Waals surface area (Å²) in [6.45, 7) is 0. The standard InChI is InChI=1S/C12H12N4O3S/c13-9(17)4-3-7-6-20-12(15-7)16-11(19)8-2-1-5-14-10(8)18/h1-2,5-6H,3-4H2,(H2,13,17)(H,14,18)(H,15,16,19). The van der Waals surface area contributed by atoms with Gasteiger partial charge in [0.15, 0.2) is 5.13 Å². The summed E-state index contributed by atoms with van der Waals surface area (Å²) in [5.41, 5.74) is 5.27. The second kappa shape index (κ2) is 6.11. The fourth-order valence-electron chi connectivity index (χ4n) is 1.50. The van der Waals surface area contributed by atoms with Crippen molar-refractivity contribution in [3.05, 3.63) is 45.3 Å². The fraction of sp³-hybridized carbons (Fsp3) is 0.167. The van der Waals surface area contributed by atoms with Crippen LogP contribution in [0.3, 0.4) is 0 Å². The number of aryl methyl sites for hydroxylation is 1. The van der Waals surface area contributed by atoms with E-state index in [4.69, 9.17) is 5.73 Å². The molecule has 0 saturated heterocycles. The number of rotatable bonds is 5. The summed E-state index contributed by atoms with van der Waals surface area (Å²) in [6.07, 6.45) is 2.08. The van der Waals surface area contributed by atoms with Gasteiger partial charge in [-0.25, -0.2) is 4.98 Å². The third-order valence-corrected chi connectivity index (χ3v) is 3.27. The highest BCUT2D eigenvalue weighted by Crippen LogP contribution is 2.17. The molecule has 0 saturated carbocycles. The molecule has 0 atom stereocenters. The molecule has 0 unspecified atom stereocenters. The number of thiazole rings is 1. The molecule has 0 bridgehead atoms. The lowest BCUT2D eigenvalue weighted by Gasteiger charge is -2.00. The molecule has 2 amide bonds. The summed E-state index contributed by atoms with van der Waals surface area (Å²) in [5, 5.41) is 4.64. The van der Waals surface area contributed by atoms with Crippen molar-refractivity contribution in [1.29, 1.82) is 0 Å². The number of anilines is 1. The minimum absolute atomic E-state index is 0.0152. The van der Waals surface area contributed by atoms with Crippen molar-refractivity contribution in [2.75, 3.05) is 5.32 Å². The Labute approximate surface area is 117 Å². The Hall–Kier alpha value is -2.48. The first-order valence-corrected chi connectivity index (χ1v) is 6.66. The van der Waals surface area contributed by atoms with Crippen LogP contribution in [-0.2, 0) is 11.2 Å². The Kier molecular flexibility index (Phi) is 4.26. The van der Waals surface area contributed by atoms with Gasteiger partial charge in [-0.2, -0.15) is 0 Å². The topological polar surface area (TPSA) is 118 Å². The second-order valence-electron chi connectivity index (χ2n) is 3.98. The first-order valence-electron chi connectivity index (χ1n) is 5.78. The van der Waals surface area contributed by atoms with Gasteiger partial charge in [0.2, 0.25) is 5.91 Å². The summed E-state index contributed by atoms with van der Waals surface area (Å²) in [5.74, 6) is -0.929. The summed E-state index contributed by atoms with van der Waals surface area (Å²) in [6, 6.07) is 2.99. The third kappa shape index (κ3) is 3.51. The molecule has 7 nitrogen and oxygen atoms in total. The molecular weight excluding hydrogens is 280 g/mol. The zero-order valence-corrected chi connectivity index (χ0v) is 11.2. The summed E-state index contributed by atoms with van der Waals surface area (Å²) in [4.78, 5) is 40.6. The van der Waals surface area contributed by atoms with Crippen LogP contribution in [0.25, 0.3) is 0 Å². The average Bonchev–Trinajstić information content (AvgIpc) is 2.84. The number of H-pyrrole nitrogens is 1. The van der Waals surface area contributed by atoms with Crippen LogP contribution in [0, 0.1) is 0 Å². The SMILES string of the molecule is NC(=O)CCc1csc(NC(=O)c2ccc[nH]c2=O)n1. The second-order valence-corrected chi connectivity index (χ2v) is 4.84. The van der Waals surface area contributed by atoms with Gasteiger partial charge in [0.05, 0.1) is 5.69 Å². The smallest absolute Gasteiger partial charge is 0.263 e. The molecular formula is C12H12N4O3S. The zero-order chi connectivity index (χ0) is 14.5. The van der Waals surface area contributed by atoms with Gasteiger partial charge in [-0.15, -0.1) is 11.3 Å². The van der Waals surface area contributed by atoms with E-state index in [1.807, 2.05) is 0 Å². The lowest BCUT2D eigenvalue weighted by Crippen LogP contribution is -2.22. The maximum absolute atomic E-state index is 11.9. The van der Waals surface area contributed by atoms with Crippen LogP contribution >= 0.6 is 11.3 Å². The first-order chi connectivity index (χ1) is 9.56. The van der Waals surface area contributed by atoms with Gasteiger partial charge in [-0.05, 0) is 18.6 Å². The van der Waals surface area contributed by atoms with E-state index in [2.05, 4.69) is 15.3 Å². The van der Waals surface area contributed by atoms with Crippen molar-refractivity contribution < 1.29 is 9.59 Å². The summed E-state index contributed by atoms with van der Waals surface area (Å²) >= 11 is 1.22. The number of aromatic amines is 1. The van der Waals surface area contributed by atoms with Gasteiger partial charge in [0.1, 0.15) is 5.56 Å². The van der Waals surface area contributed by atoms with Crippen LogP contribution in [0.5, 0.6) is 0 Å². The lowest BCUT2D eigenvalue weighted by molar-refractivity contribution is -0.118. The third-order valence-electron chi connectivity index (χ3n) is 2.46. The van der Waals surface area contributed by atoms with E-state index in [0.29, 0.717) is 17.2 Å². The highest BCUT2D eigenvalue weighted by atomic mass is 32.1. The Balaban J connectivity index is 2.04. The predicted molar refractivity (Wildman–Crippen MR) is 74.6 cm³/mol. The van der Waals surface area contributed by atoms with Crippen LogP contribution < -0.4 is 16.6 Å². The molecule has 0 aromatic carbocycles. The molecule has 0 aliphatic heterocycles. The van der Waals surface area contributed by atoms with Crippen molar-refractivity contribution in [2.45, 2.75) is 12.8 Å². The number of primary amides is 1. The highest BCUT2D eigenvalue weighted by Gasteiger charge is 2.12. The van der Waals surface area contributed by atoms with Gasteiger partial charge >= 0.3 is 0 Å². The molecule has 2 aromatic heterocycles. The summed E-state index contributed by atoms with van der Waals surface area (Å²) in [7, 11) is 0.